The van der Waals surface area contributed by atoms with E-state index >= 15 is 0 Å². The van der Waals surface area contributed by atoms with E-state index in [9.17, 15) is 27.2 Å². The number of nitrogens with zero attached hydrogens (tertiary/aromatic N) is 4. The average Bonchev–Trinajstić information content (AvgIpc) is 2.88. The minimum absolute atomic E-state index is 0.0676. The molecule has 25 heavy (non-hydrogen) atoms. The number of ether oxygens (including phenoxy) is 1. The fourth-order valence-corrected chi connectivity index (χ4v) is 1.99. The molecular weight excluding hydrogens is 352 g/mol. The summed E-state index contributed by atoms with van der Waals surface area (Å²) >= 11 is 0. The molecule has 8 nitrogen and oxygen atoms in total. The molecule has 0 amide bonds. The number of hydrogen-bond acceptors (Lipinski definition) is 6. The summed E-state index contributed by atoms with van der Waals surface area (Å²) in [7, 11) is 0. The van der Waals surface area contributed by atoms with Crippen molar-refractivity contribution < 1.29 is 32.2 Å². The molecule has 2 aromatic rings. The number of carbonyl (C=O) groups excluding carboxylic acids is 1. The highest BCUT2D eigenvalue weighted by atomic mass is 19.4. The van der Waals surface area contributed by atoms with Crippen LogP contribution in [0, 0.1) is 5.82 Å². The van der Waals surface area contributed by atoms with Gasteiger partial charge in [0.2, 0.25) is 5.88 Å². The average molecular weight is 364 g/mol. The summed E-state index contributed by atoms with van der Waals surface area (Å²) in [5, 5.41) is 12.9. The summed E-state index contributed by atoms with van der Waals surface area (Å²) in [6.45, 7) is -0.697. The Balaban J connectivity index is 2.57. The predicted molar refractivity (Wildman–Crippen MR) is 74.1 cm³/mol. The third-order valence-electron chi connectivity index (χ3n) is 3.05. The zero-order chi connectivity index (χ0) is 18.8. The molecule has 0 saturated carbocycles. The minimum Gasteiger partial charge on any atom is -0.467 e. The van der Waals surface area contributed by atoms with Gasteiger partial charge in [0.25, 0.3) is 0 Å². The zero-order valence-electron chi connectivity index (χ0n) is 12.7. The number of rotatable bonds is 6. The van der Waals surface area contributed by atoms with Crippen LogP contribution in [0.2, 0.25) is 0 Å². The van der Waals surface area contributed by atoms with Gasteiger partial charge >= 0.3 is 11.9 Å². The van der Waals surface area contributed by atoms with Gasteiger partial charge < -0.3 is 9.84 Å². The molecule has 0 atom stereocenters. The first kappa shape index (κ1) is 18.6. The van der Waals surface area contributed by atoms with Gasteiger partial charge in [-0.3, -0.25) is 9.36 Å². The first-order chi connectivity index (χ1) is 11.7. The fraction of sp³-hybridized carbons (Fsp3) is 0.385. The van der Waals surface area contributed by atoms with Crippen LogP contribution >= 0.6 is 0 Å². The Labute approximate surface area is 137 Å². The second-order valence-electron chi connectivity index (χ2n) is 4.72. The molecule has 2 aromatic heterocycles. The summed E-state index contributed by atoms with van der Waals surface area (Å²) in [5.41, 5.74) is -1.42. The number of aldehydes is 1. The maximum absolute atomic E-state index is 14.1. The van der Waals surface area contributed by atoms with E-state index in [0.717, 1.165) is 4.57 Å². The van der Waals surface area contributed by atoms with Crippen LogP contribution in [-0.4, -0.2) is 43.5 Å². The lowest BCUT2D eigenvalue weighted by molar-refractivity contribution is -0.154. The molecule has 1 N–H and O–H groups in total. The summed E-state index contributed by atoms with van der Waals surface area (Å²) < 4.78 is 56.9. The first-order valence-corrected chi connectivity index (χ1v) is 6.87. The first-order valence-electron chi connectivity index (χ1n) is 6.87. The molecule has 0 aliphatic rings. The number of alkyl halides is 3. The smallest absolute Gasteiger partial charge is 0.422 e. The Morgan fingerprint density at radius 2 is 2.08 bits per heavy atom. The number of pyridine rings is 1. The zero-order valence-corrected chi connectivity index (χ0v) is 12.7. The molecule has 0 aromatic carbocycles. The molecule has 0 bridgehead atoms. The van der Waals surface area contributed by atoms with E-state index in [-0.39, 0.29) is 18.7 Å². The van der Waals surface area contributed by atoms with E-state index in [1.54, 1.807) is 6.92 Å². The summed E-state index contributed by atoms with van der Waals surface area (Å²) in [6, 6.07) is 0.580. The molecule has 0 unspecified atom stereocenters. The van der Waals surface area contributed by atoms with Crippen molar-refractivity contribution in [1.82, 2.24) is 19.3 Å². The van der Waals surface area contributed by atoms with Gasteiger partial charge in [0.15, 0.2) is 30.4 Å². The fourth-order valence-electron chi connectivity index (χ4n) is 1.99. The molecular formula is C13H12F4N4O4. The molecule has 0 spiro atoms. The second-order valence-corrected chi connectivity index (χ2v) is 4.72. The van der Waals surface area contributed by atoms with E-state index in [4.69, 9.17) is 5.11 Å². The van der Waals surface area contributed by atoms with Gasteiger partial charge in [-0.2, -0.15) is 22.8 Å². The Kier molecular flexibility index (Phi) is 5.21. The van der Waals surface area contributed by atoms with Crippen molar-refractivity contribution in [2.45, 2.75) is 26.3 Å². The number of hydrogen-bond donors (Lipinski definition) is 1. The Morgan fingerprint density at radius 3 is 2.56 bits per heavy atom. The number of carbonyl (C=O) groups is 1. The molecule has 2 heterocycles. The highest BCUT2D eigenvalue weighted by Gasteiger charge is 2.30. The van der Waals surface area contributed by atoms with Crippen molar-refractivity contribution in [2.24, 2.45) is 0 Å². The third-order valence-corrected chi connectivity index (χ3v) is 3.05. The van der Waals surface area contributed by atoms with Crippen LogP contribution in [0.4, 0.5) is 17.6 Å². The van der Waals surface area contributed by atoms with E-state index < -0.39 is 48.2 Å². The lowest BCUT2D eigenvalue weighted by Gasteiger charge is -2.11. The van der Waals surface area contributed by atoms with Crippen molar-refractivity contribution in [1.29, 1.82) is 0 Å². The van der Waals surface area contributed by atoms with Crippen molar-refractivity contribution >= 4 is 6.29 Å². The third kappa shape index (κ3) is 3.84. The standard InChI is InChI=1S/C13H12F4N4O4/c1-2-20-9(5-23)19-21(12(20)24)10-8(14)3-7(4-22)11(18-10)25-6-13(15,16)17/h3-4,23H,2,5-6H2,1H3. The number of aromatic nitrogens is 4. The van der Waals surface area contributed by atoms with Gasteiger partial charge in [-0.25, -0.2) is 9.18 Å². The van der Waals surface area contributed by atoms with Crippen LogP contribution in [0.1, 0.15) is 23.1 Å². The summed E-state index contributed by atoms with van der Waals surface area (Å²) in [4.78, 5) is 26.5. The maximum Gasteiger partial charge on any atom is 0.422 e. The molecule has 0 saturated heterocycles. The van der Waals surface area contributed by atoms with Gasteiger partial charge in [0, 0.05) is 6.54 Å². The number of halogens is 4. The lowest BCUT2D eigenvalue weighted by Crippen LogP contribution is -2.26. The topological polar surface area (TPSA) is 99.2 Å². The van der Waals surface area contributed by atoms with E-state index in [1.165, 1.54) is 0 Å². The molecule has 136 valence electrons. The Bertz CT molecular complexity index is 844. The molecule has 2 rings (SSSR count). The maximum atomic E-state index is 14.1. The number of aliphatic hydroxyl groups excluding tert-OH is 1. The molecule has 0 aliphatic heterocycles. The minimum atomic E-state index is -4.71. The van der Waals surface area contributed by atoms with Crippen LogP contribution in [-0.2, 0) is 13.2 Å². The van der Waals surface area contributed by atoms with Crippen LogP contribution in [0.3, 0.4) is 0 Å². The second kappa shape index (κ2) is 7.01. The SMILES string of the molecule is CCn1c(CO)nn(-c2nc(OCC(F)(F)F)c(C=O)cc2F)c1=O. The van der Waals surface area contributed by atoms with Crippen LogP contribution in [0.15, 0.2) is 10.9 Å². The van der Waals surface area contributed by atoms with Gasteiger partial charge in [-0.15, -0.1) is 5.10 Å². The Hall–Kier alpha value is -2.76. The van der Waals surface area contributed by atoms with Crippen LogP contribution < -0.4 is 10.4 Å². The Morgan fingerprint density at radius 1 is 1.40 bits per heavy atom. The van der Waals surface area contributed by atoms with Crippen LogP contribution in [0.25, 0.3) is 5.82 Å². The van der Waals surface area contributed by atoms with Gasteiger partial charge in [-0.05, 0) is 13.0 Å². The van der Waals surface area contributed by atoms with Gasteiger partial charge in [-0.1, -0.05) is 0 Å². The molecule has 0 aliphatic carbocycles. The summed E-state index contributed by atoms with van der Waals surface area (Å²) in [6.07, 6.45) is -4.64. The molecule has 0 fully saturated rings. The van der Waals surface area contributed by atoms with Gasteiger partial charge in [0.05, 0.1) is 5.56 Å². The highest BCUT2D eigenvalue weighted by molar-refractivity contribution is 5.78. The molecule has 0 radical (unpaired) electrons. The van der Waals surface area contributed by atoms with Crippen LogP contribution in [0.5, 0.6) is 5.88 Å². The normalized spacial score (nSPS) is 11.6. The number of aliphatic hydroxyl groups is 1. The lowest BCUT2D eigenvalue weighted by atomic mass is 10.3. The van der Waals surface area contributed by atoms with E-state index in [2.05, 4.69) is 14.8 Å². The van der Waals surface area contributed by atoms with Crippen molar-refractivity contribution in [3.63, 3.8) is 0 Å². The van der Waals surface area contributed by atoms with Crippen molar-refractivity contribution in [2.75, 3.05) is 6.61 Å². The largest absolute Gasteiger partial charge is 0.467 e. The predicted octanol–water partition coefficient (Wildman–Crippen LogP) is 0.834. The quantitative estimate of drug-likeness (QED) is 0.602. The monoisotopic (exact) mass is 364 g/mol. The highest BCUT2D eigenvalue weighted by Crippen LogP contribution is 2.22. The van der Waals surface area contributed by atoms with E-state index in [1.807, 2.05) is 0 Å². The van der Waals surface area contributed by atoms with E-state index in [0.29, 0.717) is 10.7 Å². The van der Waals surface area contributed by atoms with Crippen molar-refractivity contribution in [3.05, 3.63) is 33.8 Å². The summed E-state index contributed by atoms with van der Waals surface area (Å²) in [5.74, 6) is -2.82. The van der Waals surface area contributed by atoms with Gasteiger partial charge in [0.1, 0.15) is 6.61 Å². The van der Waals surface area contributed by atoms with Crippen molar-refractivity contribution in [3.8, 4) is 11.7 Å². The molecule has 12 heteroatoms.